The lowest BCUT2D eigenvalue weighted by atomic mass is 9.96. The zero-order valence-corrected chi connectivity index (χ0v) is 20.9. The molecule has 2 N–H and O–H groups in total. The molecule has 1 saturated carbocycles. The van der Waals surface area contributed by atoms with Crippen LogP contribution in [0.1, 0.15) is 32.3 Å². The van der Waals surface area contributed by atoms with Crippen LogP contribution in [0.25, 0.3) is 0 Å². The van der Waals surface area contributed by atoms with Gasteiger partial charge in [-0.15, -0.1) is 24.0 Å². The van der Waals surface area contributed by atoms with E-state index in [4.69, 9.17) is 0 Å². The zero-order valence-electron chi connectivity index (χ0n) is 16.2. The molecule has 0 atom stereocenters. The Kier molecular flexibility index (Phi) is 10.0. The molecule has 0 unspecified atom stereocenters. The van der Waals surface area contributed by atoms with Crippen LogP contribution in [0.5, 0.6) is 0 Å². The van der Waals surface area contributed by atoms with Crippen molar-refractivity contribution >= 4 is 55.9 Å². The SMILES string of the molecule is CCN(CC)S(=O)(=O)CCNC(=NC)NCC1(c2cccc(Br)c2)CC1.I. The van der Waals surface area contributed by atoms with Crippen molar-refractivity contribution in [2.75, 3.05) is 39.0 Å². The molecule has 0 radical (unpaired) electrons. The summed E-state index contributed by atoms with van der Waals surface area (Å²) in [6, 6.07) is 8.42. The Labute approximate surface area is 188 Å². The van der Waals surface area contributed by atoms with E-state index in [0.29, 0.717) is 25.6 Å². The summed E-state index contributed by atoms with van der Waals surface area (Å²) in [6.07, 6.45) is 2.29. The lowest BCUT2D eigenvalue weighted by molar-refractivity contribution is 0.445. The number of sulfonamides is 1. The highest BCUT2D eigenvalue weighted by Crippen LogP contribution is 2.48. The highest BCUT2D eigenvalue weighted by Gasteiger charge is 2.44. The van der Waals surface area contributed by atoms with Crippen LogP contribution in [-0.4, -0.2) is 57.7 Å². The molecule has 0 bridgehead atoms. The van der Waals surface area contributed by atoms with E-state index in [1.807, 2.05) is 19.9 Å². The molecule has 9 heteroatoms. The van der Waals surface area contributed by atoms with Crippen molar-refractivity contribution in [1.82, 2.24) is 14.9 Å². The Bertz CT molecular complexity index is 735. The normalized spacial score (nSPS) is 16.0. The number of hydrogen-bond donors (Lipinski definition) is 2. The van der Waals surface area contributed by atoms with Crippen LogP contribution in [0.3, 0.4) is 0 Å². The molecule has 0 amide bonds. The predicted octanol–water partition coefficient (Wildman–Crippen LogP) is 2.94. The van der Waals surface area contributed by atoms with Gasteiger partial charge in [0.15, 0.2) is 5.96 Å². The summed E-state index contributed by atoms with van der Waals surface area (Å²) in [4.78, 5) is 4.21. The summed E-state index contributed by atoms with van der Waals surface area (Å²) in [6.45, 7) is 5.83. The van der Waals surface area contributed by atoms with Gasteiger partial charge in [0.25, 0.3) is 0 Å². The number of nitrogens with zero attached hydrogens (tertiary/aromatic N) is 2. The molecule has 1 fully saturated rings. The first-order valence-electron chi connectivity index (χ1n) is 9.05. The fourth-order valence-electron chi connectivity index (χ4n) is 3.05. The van der Waals surface area contributed by atoms with E-state index in [2.05, 4.69) is 49.8 Å². The van der Waals surface area contributed by atoms with Gasteiger partial charge in [-0.2, -0.15) is 0 Å². The van der Waals surface area contributed by atoms with E-state index < -0.39 is 10.0 Å². The van der Waals surface area contributed by atoms with Crippen LogP contribution in [0.2, 0.25) is 0 Å². The number of guanidine groups is 1. The van der Waals surface area contributed by atoms with E-state index in [-0.39, 0.29) is 35.1 Å². The molecule has 0 aliphatic heterocycles. The summed E-state index contributed by atoms with van der Waals surface area (Å²) in [5.41, 5.74) is 1.47. The van der Waals surface area contributed by atoms with E-state index in [9.17, 15) is 8.42 Å². The van der Waals surface area contributed by atoms with Crippen LogP contribution in [-0.2, 0) is 15.4 Å². The minimum absolute atomic E-state index is 0. The van der Waals surface area contributed by atoms with Crippen molar-refractivity contribution in [3.05, 3.63) is 34.3 Å². The van der Waals surface area contributed by atoms with Crippen LogP contribution >= 0.6 is 39.9 Å². The monoisotopic (exact) mass is 572 g/mol. The average molecular weight is 573 g/mol. The second kappa shape index (κ2) is 11.0. The van der Waals surface area contributed by atoms with Crippen LogP contribution in [0.15, 0.2) is 33.7 Å². The van der Waals surface area contributed by atoms with Gasteiger partial charge in [0, 0.05) is 43.1 Å². The van der Waals surface area contributed by atoms with Crippen molar-refractivity contribution in [2.24, 2.45) is 4.99 Å². The molecular formula is C18H30BrIN4O2S. The standard InChI is InChI=1S/C18H29BrN4O2S.HI/c1-4-23(5-2)26(24,25)12-11-21-17(20-3)22-14-18(9-10-18)15-7-6-8-16(19)13-15;/h6-8,13H,4-5,9-12,14H2,1-3H3,(H2,20,21,22);1H. The van der Waals surface area contributed by atoms with Gasteiger partial charge in [0.1, 0.15) is 0 Å². The molecule has 0 aromatic heterocycles. The van der Waals surface area contributed by atoms with E-state index in [1.54, 1.807) is 7.05 Å². The van der Waals surface area contributed by atoms with Gasteiger partial charge in [-0.05, 0) is 30.5 Å². The lowest BCUT2D eigenvalue weighted by Gasteiger charge is -2.21. The summed E-state index contributed by atoms with van der Waals surface area (Å²) >= 11 is 3.53. The third-order valence-electron chi connectivity index (χ3n) is 4.86. The minimum atomic E-state index is -3.22. The molecule has 0 spiro atoms. The van der Waals surface area contributed by atoms with Crippen molar-refractivity contribution < 1.29 is 8.42 Å². The number of benzene rings is 1. The molecule has 0 heterocycles. The van der Waals surface area contributed by atoms with Gasteiger partial charge in [-0.3, -0.25) is 4.99 Å². The average Bonchev–Trinajstić information content (AvgIpc) is 3.40. The van der Waals surface area contributed by atoms with Gasteiger partial charge < -0.3 is 10.6 Å². The Hall–Kier alpha value is -0.390. The van der Waals surface area contributed by atoms with Crippen molar-refractivity contribution in [1.29, 1.82) is 0 Å². The van der Waals surface area contributed by atoms with Gasteiger partial charge in [0.05, 0.1) is 5.75 Å². The topological polar surface area (TPSA) is 73.8 Å². The molecule has 1 aromatic carbocycles. The van der Waals surface area contributed by atoms with Crippen LogP contribution < -0.4 is 10.6 Å². The third kappa shape index (κ3) is 6.86. The first-order valence-corrected chi connectivity index (χ1v) is 11.5. The maximum absolute atomic E-state index is 12.2. The Balaban J connectivity index is 0.00000364. The smallest absolute Gasteiger partial charge is 0.215 e. The number of hydrogen-bond acceptors (Lipinski definition) is 3. The van der Waals surface area contributed by atoms with Gasteiger partial charge in [-0.1, -0.05) is 41.9 Å². The van der Waals surface area contributed by atoms with E-state index in [0.717, 1.165) is 23.9 Å². The fraction of sp³-hybridized carbons (Fsp3) is 0.611. The first kappa shape index (κ1) is 24.6. The molecular weight excluding hydrogens is 543 g/mol. The number of halogens is 2. The second-order valence-electron chi connectivity index (χ2n) is 6.54. The molecule has 154 valence electrons. The van der Waals surface area contributed by atoms with Crippen molar-refractivity contribution in [3.63, 3.8) is 0 Å². The number of nitrogens with one attached hydrogen (secondary N) is 2. The molecule has 27 heavy (non-hydrogen) atoms. The van der Waals surface area contributed by atoms with E-state index >= 15 is 0 Å². The minimum Gasteiger partial charge on any atom is -0.356 e. The lowest BCUT2D eigenvalue weighted by Crippen LogP contribution is -2.44. The molecule has 1 aliphatic rings. The van der Waals surface area contributed by atoms with Gasteiger partial charge >= 0.3 is 0 Å². The zero-order chi connectivity index (χ0) is 19.2. The molecule has 0 saturated heterocycles. The third-order valence-corrected chi connectivity index (χ3v) is 7.38. The number of rotatable bonds is 9. The van der Waals surface area contributed by atoms with Gasteiger partial charge in [0.2, 0.25) is 10.0 Å². The summed E-state index contributed by atoms with van der Waals surface area (Å²) in [5.74, 6) is 0.701. The van der Waals surface area contributed by atoms with Crippen molar-refractivity contribution in [3.8, 4) is 0 Å². The summed E-state index contributed by atoms with van der Waals surface area (Å²) in [7, 11) is -1.52. The van der Waals surface area contributed by atoms with Gasteiger partial charge in [-0.25, -0.2) is 12.7 Å². The molecule has 6 nitrogen and oxygen atoms in total. The number of aliphatic imine (C=N–C) groups is 1. The molecule has 1 aromatic rings. The van der Waals surface area contributed by atoms with Crippen molar-refractivity contribution in [2.45, 2.75) is 32.1 Å². The molecule has 1 aliphatic carbocycles. The Morgan fingerprint density at radius 1 is 1.26 bits per heavy atom. The summed E-state index contributed by atoms with van der Waals surface area (Å²) in [5, 5.41) is 6.46. The predicted molar refractivity (Wildman–Crippen MR) is 127 cm³/mol. The fourth-order valence-corrected chi connectivity index (χ4v) is 4.86. The highest BCUT2D eigenvalue weighted by atomic mass is 127. The maximum atomic E-state index is 12.2. The largest absolute Gasteiger partial charge is 0.356 e. The quantitative estimate of drug-likeness (QED) is 0.271. The van der Waals surface area contributed by atoms with E-state index in [1.165, 1.54) is 9.87 Å². The highest BCUT2D eigenvalue weighted by molar-refractivity contribution is 14.0. The van der Waals surface area contributed by atoms with Crippen LogP contribution in [0, 0.1) is 0 Å². The second-order valence-corrected chi connectivity index (χ2v) is 9.55. The molecule has 2 rings (SSSR count). The summed E-state index contributed by atoms with van der Waals surface area (Å²) < 4.78 is 27.0. The Morgan fingerprint density at radius 3 is 2.44 bits per heavy atom. The van der Waals surface area contributed by atoms with Crippen LogP contribution in [0.4, 0.5) is 0 Å². The maximum Gasteiger partial charge on any atom is 0.215 e. The first-order chi connectivity index (χ1) is 12.4. The Morgan fingerprint density at radius 2 is 1.93 bits per heavy atom.